The molecule has 3 nitrogen and oxygen atoms in total. The molecule has 3 aromatic carbocycles. The summed E-state index contributed by atoms with van der Waals surface area (Å²) in [5, 5.41) is 1.03. The molecule has 0 aliphatic carbocycles. The number of oxazole rings is 1. The van der Waals surface area contributed by atoms with E-state index in [1.165, 1.54) is 0 Å². The average Bonchev–Trinajstić information content (AvgIpc) is 3.24. The summed E-state index contributed by atoms with van der Waals surface area (Å²) in [5.74, 6) is 0.602. The highest BCUT2D eigenvalue weighted by molar-refractivity contribution is 5.95. The number of fused-ring (bicyclic) bond motifs is 1. The first-order valence-corrected chi connectivity index (χ1v) is 8.85. The van der Waals surface area contributed by atoms with Gasteiger partial charge in [0.15, 0.2) is 0 Å². The Hall–Kier alpha value is -3.72. The fourth-order valence-electron chi connectivity index (χ4n) is 3.25. The van der Waals surface area contributed by atoms with Crippen LogP contribution in [0, 0.1) is 0 Å². The minimum Gasteiger partial charge on any atom is -0.444 e. The third-order valence-electron chi connectivity index (χ3n) is 4.59. The van der Waals surface area contributed by atoms with Crippen LogP contribution in [0.2, 0.25) is 0 Å². The predicted octanol–water partition coefficient (Wildman–Crippen LogP) is 6.22. The summed E-state index contributed by atoms with van der Waals surface area (Å²) in [6.45, 7) is 0. The molecule has 0 saturated heterocycles. The van der Waals surface area contributed by atoms with Gasteiger partial charge in [-0.15, -0.1) is 0 Å². The Kier molecular flexibility index (Phi) is 3.76. The van der Waals surface area contributed by atoms with Crippen molar-refractivity contribution in [3.05, 3.63) is 97.3 Å². The van der Waals surface area contributed by atoms with Gasteiger partial charge in [-0.05, 0) is 12.1 Å². The van der Waals surface area contributed by atoms with Crippen LogP contribution in [0.15, 0.2) is 102 Å². The van der Waals surface area contributed by atoms with Gasteiger partial charge in [-0.25, -0.2) is 9.97 Å². The van der Waals surface area contributed by atoms with Crippen LogP contribution < -0.4 is 0 Å². The van der Waals surface area contributed by atoms with Gasteiger partial charge in [0.25, 0.3) is 0 Å². The molecule has 0 unspecified atom stereocenters. The van der Waals surface area contributed by atoms with Gasteiger partial charge in [-0.2, -0.15) is 0 Å². The number of para-hydroxylation sites is 1. The zero-order valence-electron chi connectivity index (χ0n) is 14.5. The normalized spacial score (nSPS) is 11.0. The van der Waals surface area contributed by atoms with Crippen molar-refractivity contribution in [3.8, 4) is 34.0 Å². The van der Waals surface area contributed by atoms with E-state index in [0.717, 1.165) is 39.0 Å². The van der Waals surface area contributed by atoms with Crippen LogP contribution in [0.3, 0.4) is 0 Å². The molecule has 0 radical (unpaired) electrons. The van der Waals surface area contributed by atoms with Gasteiger partial charge in [0, 0.05) is 22.1 Å². The fraction of sp³-hybridized carbons (Fsp3) is 0. The van der Waals surface area contributed by atoms with Gasteiger partial charge in [-0.1, -0.05) is 78.9 Å². The number of hydrogen-bond donors (Lipinski definition) is 0. The van der Waals surface area contributed by atoms with Gasteiger partial charge in [0.2, 0.25) is 5.89 Å². The Labute approximate surface area is 157 Å². The molecule has 3 heteroatoms. The molecule has 27 heavy (non-hydrogen) atoms. The average molecular weight is 348 g/mol. The SMILES string of the molecule is c1ccc(-c2coc(-c3cc(-c4ccccc4)nc4ccccc34)n2)cc1. The third-order valence-corrected chi connectivity index (χ3v) is 4.59. The number of benzene rings is 3. The van der Waals surface area contributed by atoms with Gasteiger partial charge in [0.1, 0.15) is 12.0 Å². The molecular formula is C24H16N2O. The van der Waals surface area contributed by atoms with Crippen LogP contribution in [0.4, 0.5) is 0 Å². The van der Waals surface area contributed by atoms with Crippen molar-refractivity contribution in [2.24, 2.45) is 0 Å². The van der Waals surface area contributed by atoms with Crippen molar-refractivity contribution in [3.63, 3.8) is 0 Å². The monoisotopic (exact) mass is 348 g/mol. The molecule has 0 aliphatic rings. The van der Waals surface area contributed by atoms with Crippen LogP contribution >= 0.6 is 0 Å². The zero-order chi connectivity index (χ0) is 18.1. The Morgan fingerprint density at radius 2 is 1.22 bits per heavy atom. The quantitative estimate of drug-likeness (QED) is 0.388. The number of rotatable bonds is 3. The highest BCUT2D eigenvalue weighted by Gasteiger charge is 2.14. The van der Waals surface area contributed by atoms with E-state index in [0.29, 0.717) is 5.89 Å². The third kappa shape index (κ3) is 2.89. The minimum atomic E-state index is 0.602. The van der Waals surface area contributed by atoms with E-state index in [1.54, 1.807) is 6.26 Å². The van der Waals surface area contributed by atoms with Crippen LogP contribution in [0.5, 0.6) is 0 Å². The van der Waals surface area contributed by atoms with Crippen LogP contribution in [-0.4, -0.2) is 9.97 Å². The summed E-state index contributed by atoms with van der Waals surface area (Å²) in [7, 11) is 0. The molecule has 2 heterocycles. The van der Waals surface area contributed by atoms with Crippen LogP contribution in [0.25, 0.3) is 44.9 Å². The maximum Gasteiger partial charge on any atom is 0.227 e. The Bertz CT molecular complexity index is 1210. The number of pyridine rings is 1. The molecule has 0 amide bonds. The zero-order valence-corrected chi connectivity index (χ0v) is 14.5. The Morgan fingerprint density at radius 1 is 0.593 bits per heavy atom. The standard InChI is InChI=1S/C24H16N2O/c1-3-9-17(10-4-1)22-15-20(19-13-7-8-14-21(19)25-22)24-26-23(16-27-24)18-11-5-2-6-12-18/h1-16H. The van der Waals surface area contributed by atoms with Crippen molar-refractivity contribution >= 4 is 10.9 Å². The Morgan fingerprint density at radius 3 is 1.96 bits per heavy atom. The molecular weight excluding hydrogens is 332 g/mol. The number of nitrogens with zero attached hydrogens (tertiary/aromatic N) is 2. The topological polar surface area (TPSA) is 38.9 Å². The first kappa shape index (κ1) is 15.5. The molecule has 5 rings (SSSR count). The van der Waals surface area contributed by atoms with E-state index in [9.17, 15) is 0 Å². The van der Waals surface area contributed by atoms with Crippen molar-refractivity contribution < 1.29 is 4.42 Å². The lowest BCUT2D eigenvalue weighted by Gasteiger charge is -2.07. The van der Waals surface area contributed by atoms with Crippen LogP contribution in [0.1, 0.15) is 0 Å². The molecule has 5 aromatic rings. The minimum absolute atomic E-state index is 0.602. The summed E-state index contributed by atoms with van der Waals surface area (Å²) < 4.78 is 5.87. The largest absolute Gasteiger partial charge is 0.444 e. The van der Waals surface area contributed by atoms with Gasteiger partial charge in [0.05, 0.1) is 11.2 Å². The van der Waals surface area contributed by atoms with Crippen molar-refractivity contribution in [1.29, 1.82) is 0 Å². The summed E-state index contributed by atoms with van der Waals surface area (Å²) >= 11 is 0. The molecule has 0 spiro atoms. The summed E-state index contributed by atoms with van der Waals surface area (Å²) in [6, 6.07) is 30.4. The van der Waals surface area contributed by atoms with Crippen molar-refractivity contribution in [2.45, 2.75) is 0 Å². The molecule has 0 fully saturated rings. The summed E-state index contributed by atoms with van der Waals surface area (Å²) in [6.07, 6.45) is 1.71. The molecule has 0 aliphatic heterocycles. The molecule has 0 N–H and O–H groups in total. The molecule has 0 atom stereocenters. The Balaban J connectivity index is 1.70. The number of aromatic nitrogens is 2. The highest BCUT2D eigenvalue weighted by atomic mass is 16.3. The van der Waals surface area contributed by atoms with Gasteiger partial charge >= 0.3 is 0 Å². The summed E-state index contributed by atoms with van der Waals surface area (Å²) in [5.41, 5.74) is 5.71. The highest BCUT2D eigenvalue weighted by Crippen LogP contribution is 2.33. The molecule has 128 valence electrons. The van der Waals surface area contributed by atoms with Gasteiger partial charge in [-0.3, -0.25) is 0 Å². The van der Waals surface area contributed by atoms with E-state index >= 15 is 0 Å². The lowest BCUT2D eigenvalue weighted by atomic mass is 10.0. The maximum atomic E-state index is 5.87. The van der Waals surface area contributed by atoms with Crippen LogP contribution in [-0.2, 0) is 0 Å². The smallest absolute Gasteiger partial charge is 0.227 e. The first-order chi connectivity index (χ1) is 13.4. The number of hydrogen-bond acceptors (Lipinski definition) is 3. The van der Waals surface area contributed by atoms with E-state index in [1.807, 2.05) is 66.7 Å². The fourth-order valence-corrected chi connectivity index (χ4v) is 3.25. The van der Waals surface area contributed by atoms with E-state index in [2.05, 4.69) is 24.3 Å². The molecule has 0 bridgehead atoms. The second-order valence-corrected chi connectivity index (χ2v) is 6.34. The first-order valence-electron chi connectivity index (χ1n) is 8.85. The second-order valence-electron chi connectivity index (χ2n) is 6.34. The van der Waals surface area contributed by atoms with E-state index < -0.39 is 0 Å². The lowest BCUT2D eigenvalue weighted by molar-refractivity contribution is 0.575. The predicted molar refractivity (Wildman–Crippen MR) is 108 cm³/mol. The van der Waals surface area contributed by atoms with E-state index in [4.69, 9.17) is 14.4 Å². The molecule has 0 saturated carbocycles. The van der Waals surface area contributed by atoms with Crippen molar-refractivity contribution in [1.82, 2.24) is 9.97 Å². The van der Waals surface area contributed by atoms with Crippen molar-refractivity contribution in [2.75, 3.05) is 0 Å². The lowest BCUT2D eigenvalue weighted by Crippen LogP contribution is -1.90. The maximum absolute atomic E-state index is 5.87. The summed E-state index contributed by atoms with van der Waals surface area (Å²) in [4.78, 5) is 9.57. The van der Waals surface area contributed by atoms with E-state index in [-0.39, 0.29) is 0 Å². The second kappa shape index (κ2) is 6.54. The van der Waals surface area contributed by atoms with Gasteiger partial charge < -0.3 is 4.42 Å². The molecule has 2 aromatic heterocycles.